The molecule has 0 radical (unpaired) electrons. The van der Waals surface area contributed by atoms with Crippen molar-refractivity contribution in [3.05, 3.63) is 65.2 Å². The minimum absolute atomic E-state index is 0.112. The molecule has 0 aliphatic carbocycles. The molecule has 110 valence electrons. The number of hydrogen-bond donors (Lipinski definition) is 1. The molecule has 2 aromatic rings. The Hall–Kier alpha value is -2.33. The van der Waals surface area contributed by atoms with Crippen LogP contribution >= 0.6 is 0 Å². The Labute approximate surface area is 124 Å². The van der Waals surface area contributed by atoms with Crippen molar-refractivity contribution in [1.29, 1.82) is 0 Å². The quantitative estimate of drug-likeness (QED) is 0.887. The van der Waals surface area contributed by atoms with E-state index < -0.39 is 0 Å². The van der Waals surface area contributed by atoms with Crippen LogP contribution in [0.3, 0.4) is 0 Å². The van der Waals surface area contributed by atoms with Crippen LogP contribution in [0.25, 0.3) is 0 Å². The number of amides is 1. The summed E-state index contributed by atoms with van der Waals surface area (Å²) in [6.07, 6.45) is 0. The van der Waals surface area contributed by atoms with Gasteiger partial charge in [0.1, 0.15) is 5.75 Å². The van der Waals surface area contributed by atoms with Crippen molar-refractivity contribution in [2.45, 2.75) is 13.2 Å². The van der Waals surface area contributed by atoms with Gasteiger partial charge in [-0.2, -0.15) is 0 Å². The molecule has 1 N–H and O–H groups in total. The van der Waals surface area contributed by atoms with Crippen molar-refractivity contribution in [3.8, 4) is 5.75 Å². The van der Waals surface area contributed by atoms with Gasteiger partial charge in [0.15, 0.2) is 0 Å². The topological polar surface area (TPSA) is 47.6 Å². The van der Waals surface area contributed by atoms with Gasteiger partial charge in [-0.15, -0.1) is 0 Å². The van der Waals surface area contributed by atoms with E-state index in [2.05, 4.69) is 5.32 Å². The molecule has 0 aliphatic heterocycles. The highest BCUT2D eigenvalue weighted by atomic mass is 16.5. The van der Waals surface area contributed by atoms with Crippen LogP contribution in [-0.2, 0) is 17.9 Å². The van der Waals surface area contributed by atoms with E-state index in [1.807, 2.05) is 30.3 Å². The van der Waals surface area contributed by atoms with E-state index in [0.29, 0.717) is 18.7 Å². The smallest absolute Gasteiger partial charge is 0.251 e. The lowest BCUT2D eigenvalue weighted by atomic mass is 10.1. The molecule has 0 heterocycles. The third-order valence-electron chi connectivity index (χ3n) is 3.14. The molecule has 21 heavy (non-hydrogen) atoms. The maximum Gasteiger partial charge on any atom is 0.251 e. The van der Waals surface area contributed by atoms with E-state index in [4.69, 9.17) is 9.47 Å². The van der Waals surface area contributed by atoms with Crippen LogP contribution in [-0.4, -0.2) is 20.1 Å². The number of benzene rings is 2. The van der Waals surface area contributed by atoms with Crippen molar-refractivity contribution in [2.24, 2.45) is 0 Å². The van der Waals surface area contributed by atoms with Gasteiger partial charge in [-0.1, -0.05) is 30.3 Å². The van der Waals surface area contributed by atoms with Crippen LogP contribution in [0.5, 0.6) is 5.75 Å². The molecule has 0 spiro atoms. The predicted molar refractivity (Wildman–Crippen MR) is 81.3 cm³/mol. The molecule has 0 fully saturated rings. The highest BCUT2D eigenvalue weighted by Crippen LogP contribution is 2.20. The van der Waals surface area contributed by atoms with Crippen LogP contribution in [0.2, 0.25) is 0 Å². The second-order valence-corrected chi connectivity index (χ2v) is 4.63. The number of methoxy groups -OCH3 is 2. The van der Waals surface area contributed by atoms with Crippen molar-refractivity contribution in [1.82, 2.24) is 5.32 Å². The Kier molecular flexibility index (Phi) is 5.35. The van der Waals surface area contributed by atoms with Crippen molar-refractivity contribution < 1.29 is 14.3 Å². The largest absolute Gasteiger partial charge is 0.496 e. The van der Waals surface area contributed by atoms with Gasteiger partial charge in [0.25, 0.3) is 5.91 Å². The van der Waals surface area contributed by atoms with Gasteiger partial charge < -0.3 is 14.8 Å². The van der Waals surface area contributed by atoms with Gasteiger partial charge in [-0.05, 0) is 23.8 Å². The van der Waals surface area contributed by atoms with E-state index in [-0.39, 0.29) is 5.91 Å². The second kappa shape index (κ2) is 7.45. The van der Waals surface area contributed by atoms with Crippen LogP contribution < -0.4 is 10.1 Å². The maximum absolute atomic E-state index is 12.2. The van der Waals surface area contributed by atoms with Crippen LogP contribution in [0.4, 0.5) is 0 Å². The molecule has 4 heteroatoms. The van der Waals surface area contributed by atoms with Gasteiger partial charge in [0.2, 0.25) is 0 Å². The molecular formula is C17H19NO3. The van der Waals surface area contributed by atoms with Crippen molar-refractivity contribution >= 4 is 5.91 Å². The van der Waals surface area contributed by atoms with Gasteiger partial charge >= 0.3 is 0 Å². The Morgan fingerprint density at radius 3 is 2.52 bits per heavy atom. The third kappa shape index (κ3) is 4.07. The number of ether oxygens (including phenoxy) is 2. The minimum atomic E-state index is -0.112. The number of rotatable bonds is 6. The van der Waals surface area contributed by atoms with E-state index in [0.717, 1.165) is 16.9 Å². The lowest BCUT2D eigenvalue weighted by Crippen LogP contribution is -2.22. The number of carbonyl (C=O) groups excluding carboxylic acids is 1. The molecule has 0 aliphatic rings. The maximum atomic E-state index is 12.2. The van der Waals surface area contributed by atoms with Gasteiger partial charge in [-0.3, -0.25) is 4.79 Å². The Morgan fingerprint density at radius 2 is 1.86 bits per heavy atom. The minimum Gasteiger partial charge on any atom is -0.496 e. The summed E-state index contributed by atoms with van der Waals surface area (Å²) < 4.78 is 10.4. The standard InChI is InChI=1S/C17H19NO3/c1-20-12-15-10-14(8-9-16(15)21-2)17(19)18-11-13-6-4-3-5-7-13/h3-10H,11-12H2,1-2H3,(H,18,19). The molecular weight excluding hydrogens is 266 g/mol. The molecule has 0 atom stereocenters. The molecule has 0 bridgehead atoms. The summed E-state index contributed by atoms with van der Waals surface area (Å²) in [5.74, 6) is 0.607. The number of carbonyl (C=O) groups is 1. The first-order valence-corrected chi connectivity index (χ1v) is 6.72. The Bertz CT molecular complexity index is 596. The highest BCUT2D eigenvalue weighted by Gasteiger charge is 2.10. The molecule has 0 saturated heterocycles. The molecule has 0 saturated carbocycles. The first-order chi connectivity index (χ1) is 10.2. The first kappa shape index (κ1) is 15.1. The molecule has 0 aromatic heterocycles. The van der Waals surface area contributed by atoms with Crippen molar-refractivity contribution in [3.63, 3.8) is 0 Å². The second-order valence-electron chi connectivity index (χ2n) is 4.63. The van der Waals surface area contributed by atoms with Crippen LogP contribution in [0.15, 0.2) is 48.5 Å². The van der Waals surface area contributed by atoms with E-state index in [1.54, 1.807) is 32.4 Å². The van der Waals surface area contributed by atoms with E-state index in [1.165, 1.54) is 0 Å². The zero-order valence-corrected chi connectivity index (χ0v) is 12.3. The molecule has 0 unspecified atom stereocenters. The lowest BCUT2D eigenvalue weighted by molar-refractivity contribution is 0.0950. The zero-order chi connectivity index (χ0) is 15.1. The SMILES string of the molecule is COCc1cc(C(=O)NCc2ccccc2)ccc1OC. The average molecular weight is 285 g/mol. The van der Waals surface area contributed by atoms with Gasteiger partial charge in [0.05, 0.1) is 13.7 Å². The van der Waals surface area contributed by atoms with Crippen LogP contribution in [0, 0.1) is 0 Å². The third-order valence-corrected chi connectivity index (χ3v) is 3.14. The fraction of sp³-hybridized carbons (Fsp3) is 0.235. The van der Waals surface area contributed by atoms with E-state index >= 15 is 0 Å². The van der Waals surface area contributed by atoms with Crippen LogP contribution in [0.1, 0.15) is 21.5 Å². The molecule has 2 aromatic carbocycles. The summed E-state index contributed by atoms with van der Waals surface area (Å²) in [5, 5.41) is 2.90. The highest BCUT2D eigenvalue weighted by molar-refractivity contribution is 5.94. The summed E-state index contributed by atoms with van der Waals surface area (Å²) in [6.45, 7) is 0.911. The van der Waals surface area contributed by atoms with Crippen molar-refractivity contribution in [2.75, 3.05) is 14.2 Å². The molecule has 1 amide bonds. The monoisotopic (exact) mass is 285 g/mol. The Balaban J connectivity index is 2.06. The molecule has 4 nitrogen and oxygen atoms in total. The van der Waals surface area contributed by atoms with E-state index in [9.17, 15) is 4.79 Å². The summed E-state index contributed by atoms with van der Waals surface area (Å²) in [7, 11) is 3.21. The summed E-state index contributed by atoms with van der Waals surface area (Å²) in [4.78, 5) is 12.2. The lowest BCUT2D eigenvalue weighted by Gasteiger charge is -2.10. The Morgan fingerprint density at radius 1 is 1.10 bits per heavy atom. The predicted octanol–water partition coefficient (Wildman–Crippen LogP) is 2.77. The summed E-state index contributed by atoms with van der Waals surface area (Å²) in [6, 6.07) is 15.1. The molecule has 2 rings (SSSR count). The normalized spacial score (nSPS) is 10.2. The first-order valence-electron chi connectivity index (χ1n) is 6.72. The number of nitrogens with one attached hydrogen (secondary N) is 1. The summed E-state index contributed by atoms with van der Waals surface area (Å²) >= 11 is 0. The average Bonchev–Trinajstić information content (AvgIpc) is 2.54. The zero-order valence-electron chi connectivity index (χ0n) is 12.3. The van der Waals surface area contributed by atoms with Gasteiger partial charge in [0, 0.05) is 24.8 Å². The summed E-state index contributed by atoms with van der Waals surface area (Å²) in [5.41, 5.74) is 2.52. The fourth-order valence-corrected chi connectivity index (χ4v) is 2.07. The number of hydrogen-bond acceptors (Lipinski definition) is 3. The van der Waals surface area contributed by atoms with Gasteiger partial charge in [-0.25, -0.2) is 0 Å². The fourth-order valence-electron chi connectivity index (χ4n) is 2.07.